The average Bonchev–Trinajstić information content (AvgIpc) is 3.48. The number of hydrogen-bond donors (Lipinski definition) is 2. The Balaban J connectivity index is 1.08. The zero-order chi connectivity index (χ0) is 22.7. The van der Waals surface area contributed by atoms with Crippen LogP contribution in [0.3, 0.4) is 0 Å². The van der Waals surface area contributed by atoms with Crippen LogP contribution in [-0.4, -0.2) is 41.1 Å². The molecule has 1 heterocycles. The fourth-order valence-corrected chi connectivity index (χ4v) is 5.26. The molecule has 7 nitrogen and oxygen atoms in total. The Kier molecular flexibility index (Phi) is 4.76. The number of carbonyl (C=O) groups is 2. The number of benzene rings is 1. The zero-order valence-electron chi connectivity index (χ0n) is 16.5. The molecule has 0 bridgehead atoms. The third kappa shape index (κ3) is 3.34. The molecule has 3 aliphatic rings. The highest BCUT2D eigenvalue weighted by Gasteiger charge is 2.98. The molecule has 2 aromatic rings. The Morgan fingerprint density at radius 1 is 0.938 bits per heavy atom. The molecule has 3 fully saturated rings. The summed E-state index contributed by atoms with van der Waals surface area (Å²) in [5.41, 5.74) is -0.813. The van der Waals surface area contributed by atoms with Gasteiger partial charge in [-0.2, -0.15) is 0 Å². The maximum atomic E-state index is 13.5. The van der Waals surface area contributed by atoms with Crippen molar-refractivity contribution in [2.24, 2.45) is 5.41 Å². The maximum absolute atomic E-state index is 13.5. The van der Waals surface area contributed by atoms with E-state index in [2.05, 4.69) is 15.6 Å². The first-order valence-electron chi connectivity index (χ1n) is 9.81. The van der Waals surface area contributed by atoms with Gasteiger partial charge in [0, 0.05) is 17.5 Å². The van der Waals surface area contributed by atoms with Crippen LogP contribution in [0.5, 0.6) is 11.5 Å². The molecule has 3 saturated carbocycles. The first-order valence-corrected chi connectivity index (χ1v) is 10.6. The van der Waals surface area contributed by atoms with E-state index in [1.165, 1.54) is 18.3 Å². The van der Waals surface area contributed by atoms with Crippen molar-refractivity contribution in [3.05, 3.63) is 52.3 Å². The van der Waals surface area contributed by atoms with Crippen LogP contribution in [0.25, 0.3) is 0 Å². The molecule has 1 aromatic heterocycles. The van der Waals surface area contributed by atoms with Crippen molar-refractivity contribution in [2.75, 3.05) is 13.2 Å². The van der Waals surface area contributed by atoms with Gasteiger partial charge in [-0.25, -0.2) is 13.8 Å². The van der Waals surface area contributed by atoms with E-state index in [-0.39, 0.29) is 63.2 Å². The van der Waals surface area contributed by atoms with E-state index < -0.39 is 11.6 Å². The lowest BCUT2D eigenvalue weighted by Crippen LogP contribution is -2.57. The summed E-state index contributed by atoms with van der Waals surface area (Å²) in [5.74, 6) is -1.69. The number of rotatable bonds is 8. The molecule has 1 spiro atoms. The summed E-state index contributed by atoms with van der Waals surface area (Å²) in [4.78, 5) is 28.2. The highest BCUT2D eigenvalue weighted by Crippen LogP contribution is 2.90. The van der Waals surface area contributed by atoms with Crippen molar-refractivity contribution in [3.8, 4) is 11.5 Å². The van der Waals surface area contributed by atoms with Crippen molar-refractivity contribution in [1.82, 2.24) is 15.6 Å². The van der Waals surface area contributed by atoms with Gasteiger partial charge in [-0.05, 0) is 31.4 Å². The van der Waals surface area contributed by atoms with E-state index in [1.54, 1.807) is 0 Å². The van der Waals surface area contributed by atoms with E-state index in [0.717, 1.165) is 25.0 Å². The monoisotopic (exact) mass is 483 g/mol. The Hall–Kier alpha value is -2.65. The van der Waals surface area contributed by atoms with Crippen molar-refractivity contribution in [3.63, 3.8) is 0 Å². The molecule has 32 heavy (non-hydrogen) atoms. The third-order valence-electron chi connectivity index (χ3n) is 6.55. The topological polar surface area (TPSA) is 89.6 Å². The molecule has 11 heteroatoms. The molecule has 1 aromatic carbocycles. The van der Waals surface area contributed by atoms with Crippen LogP contribution in [0.1, 0.15) is 19.3 Å². The predicted molar refractivity (Wildman–Crippen MR) is 110 cm³/mol. The van der Waals surface area contributed by atoms with Crippen LogP contribution >= 0.6 is 23.2 Å². The number of ether oxygens (including phenoxy) is 2. The molecule has 2 amide bonds. The molecule has 0 radical (unpaired) electrons. The zero-order valence-corrected chi connectivity index (χ0v) is 18.0. The van der Waals surface area contributed by atoms with Crippen LogP contribution in [0, 0.1) is 17.0 Å². The minimum absolute atomic E-state index is 0.0235. The summed E-state index contributed by atoms with van der Waals surface area (Å²) in [6.07, 6.45) is 3.40. The third-order valence-corrected chi connectivity index (χ3v) is 7.14. The van der Waals surface area contributed by atoms with Crippen LogP contribution in [0.2, 0.25) is 10.2 Å². The molecule has 3 atom stereocenters. The lowest BCUT2D eigenvalue weighted by atomic mass is 9.86. The highest BCUT2D eigenvalue weighted by molar-refractivity contribution is 6.30. The van der Waals surface area contributed by atoms with Crippen LogP contribution in [0.15, 0.2) is 30.5 Å². The molecule has 3 unspecified atom stereocenters. The van der Waals surface area contributed by atoms with E-state index in [9.17, 15) is 18.4 Å². The van der Waals surface area contributed by atoms with Gasteiger partial charge in [0.05, 0.1) is 22.3 Å². The predicted octanol–water partition coefficient (Wildman–Crippen LogP) is 3.03. The van der Waals surface area contributed by atoms with Crippen molar-refractivity contribution in [2.45, 2.75) is 30.3 Å². The van der Waals surface area contributed by atoms with Crippen molar-refractivity contribution in [1.29, 1.82) is 0 Å². The first kappa shape index (κ1) is 21.2. The Bertz CT molecular complexity index is 1060. The summed E-state index contributed by atoms with van der Waals surface area (Å²) in [6.45, 7) is -0.538. The Morgan fingerprint density at radius 2 is 1.53 bits per heavy atom. The van der Waals surface area contributed by atoms with Crippen LogP contribution in [0.4, 0.5) is 8.78 Å². The van der Waals surface area contributed by atoms with E-state index in [4.69, 9.17) is 32.7 Å². The highest BCUT2D eigenvalue weighted by atomic mass is 35.5. The maximum Gasteiger partial charge on any atom is 0.258 e. The van der Waals surface area contributed by atoms with Gasteiger partial charge in [0.1, 0.15) is 17.3 Å². The number of nitrogens with one attached hydrogen (secondary N) is 2. The summed E-state index contributed by atoms with van der Waals surface area (Å²) in [6, 6.07) is 5.02. The van der Waals surface area contributed by atoms with Crippen molar-refractivity contribution < 1.29 is 27.8 Å². The van der Waals surface area contributed by atoms with Crippen LogP contribution in [-0.2, 0) is 9.59 Å². The SMILES string of the molecule is O=C(COc1ccc(Cl)c(F)c1)NC12CC3(NC(=O)COc4cnc(Cl)c(F)c4)CC13C2. The van der Waals surface area contributed by atoms with Gasteiger partial charge in [-0.3, -0.25) is 9.59 Å². The number of carbonyl (C=O) groups excluding carboxylic acids is 2. The second-order valence-corrected chi connectivity index (χ2v) is 9.24. The number of pyridine rings is 1. The molecular weight excluding hydrogens is 467 g/mol. The van der Waals surface area contributed by atoms with Gasteiger partial charge in [0.15, 0.2) is 24.2 Å². The molecule has 3 aliphatic carbocycles. The summed E-state index contributed by atoms with van der Waals surface area (Å²) in [7, 11) is 0. The number of aromatic nitrogens is 1. The van der Waals surface area contributed by atoms with Crippen molar-refractivity contribution >= 4 is 35.0 Å². The second kappa shape index (κ2) is 7.18. The fourth-order valence-electron chi connectivity index (χ4n) is 5.04. The normalized spacial score (nSPS) is 28.5. The van der Waals surface area contributed by atoms with Gasteiger partial charge >= 0.3 is 0 Å². The second-order valence-electron chi connectivity index (χ2n) is 8.47. The minimum Gasteiger partial charge on any atom is -0.484 e. The molecule has 5 rings (SSSR count). The van der Waals surface area contributed by atoms with E-state index in [0.29, 0.717) is 6.42 Å². The average molecular weight is 484 g/mol. The molecule has 2 N–H and O–H groups in total. The fraction of sp³-hybridized carbons (Fsp3) is 0.381. The van der Waals surface area contributed by atoms with Gasteiger partial charge in [0.25, 0.3) is 11.8 Å². The van der Waals surface area contributed by atoms with Gasteiger partial charge in [-0.15, -0.1) is 0 Å². The quantitative estimate of drug-likeness (QED) is 0.563. The lowest BCUT2D eigenvalue weighted by molar-refractivity contribution is -0.125. The molecular formula is C21H17Cl2F2N3O4. The van der Waals surface area contributed by atoms with E-state index >= 15 is 0 Å². The van der Waals surface area contributed by atoms with E-state index in [1.807, 2.05) is 0 Å². The smallest absolute Gasteiger partial charge is 0.258 e. The first-order chi connectivity index (χ1) is 15.2. The summed E-state index contributed by atoms with van der Waals surface area (Å²) < 4.78 is 37.4. The molecule has 0 saturated heterocycles. The standard InChI is InChI=1S/C21H17Cl2F2N3O4/c22-13-2-1-11(3-14(13)24)31-6-16(29)27-20-8-19(20)9-21(19,10-20)28-17(30)7-32-12-4-15(25)18(23)26-5-12/h1-5H,6-10H2,(H,27,29)(H,28,30). The van der Waals surface area contributed by atoms with Gasteiger partial charge in [0.2, 0.25) is 0 Å². The number of nitrogens with zero attached hydrogens (tertiary/aromatic N) is 1. The molecule has 168 valence electrons. The Morgan fingerprint density at radius 3 is 2.09 bits per heavy atom. The number of amides is 2. The summed E-state index contributed by atoms with van der Waals surface area (Å²) >= 11 is 11.1. The lowest BCUT2D eigenvalue weighted by Gasteiger charge is -2.35. The molecule has 0 aliphatic heterocycles. The van der Waals surface area contributed by atoms with Gasteiger partial charge < -0.3 is 20.1 Å². The summed E-state index contributed by atoms with van der Waals surface area (Å²) in [5, 5.41) is 5.66. The largest absolute Gasteiger partial charge is 0.484 e. The Labute approximate surface area is 191 Å². The minimum atomic E-state index is -0.730. The number of hydrogen-bond acceptors (Lipinski definition) is 5. The van der Waals surface area contributed by atoms with Gasteiger partial charge in [-0.1, -0.05) is 23.2 Å². The number of halogens is 4. The van der Waals surface area contributed by atoms with Crippen LogP contribution < -0.4 is 20.1 Å².